The van der Waals surface area contributed by atoms with E-state index in [1.54, 1.807) is 25.4 Å². The second-order valence-electron chi connectivity index (χ2n) is 6.36. The van der Waals surface area contributed by atoms with Crippen molar-refractivity contribution in [3.05, 3.63) is 48.3 Å². The summed E-state index contributed by atoms with van der Waals surface area (Å²) in [6, 6.07) is 5.73. The monoisotopic (exact) mass is 424 g/mol. The van der Waals surface area contributed by atoms with E-state index < -0.39 is 23.5 Å². The van der Waals surface area contributed by atoms with E-state index in [9.17, 15) is 22.8 Å². The Morgan fingerprint density at radius 1 is 1.17 bits per heavy atom. The van der Waals surface area contributed by atoms with E-state index in [0.717, 1.165) is 16.2 Å². The Bertz CT molecular complexity index is 905. The number of alkyl halides is 3. The first-order valence-electron chi connectivity index (χ1n) is 8.88. The normalized spacial score (nSPS) is 17.2. The van der Waals surface area contributed by atoms with Crippen LogP contribution >= 0.6 is 11.8 Å². The second-order valence-corrected chi connectivity index (χ2v) is 7.50. The molecule has 1 atom stereocenters. The maximum atomic E-state index is 12.9. The number of aromatic nitrogens is 1. The van der Waals surface area contributed by atoms with Crippen LogP contribution in [-0.4, -0.2) is 39.9 Å². The summed E-state index contributed by atoms with van der Waals surface area (Å²) in [5.41, 5.74) is -2.58. The third-order valence-electron chi connectivity index (χ3n) is 4.43. The van der Waals surface area contributed by atoms with Crippen LogP contribution in [0.3, 0.4) is 0 Å². The number of nitrogens with one attached hydrogen (secondary N) is 1. The summed E-state index contributed by atoms with van der Waals surface area (Å²) in [6.45, 7) is 4.44. The van der Waals surface area contributed by atoms with E-state index >= 15 is 0 Å². The van der Waals surface area contributed by atoms with E-state index in [1.807, 2.05) is 6.92 Å². The zero-order valence-corrected chi connectivity index (χ0v) is 16.5. The molecule has 3 rings (SSSR count). The van der Waals surface area contributed by atoms with Crippen molar-refractivity contribution in [1.82, 2.24) is 9.88 Å². The number of benzene rings is 1. The van der Waals surface area contributed by atoms with Crippen molar-refractivity contribution >= 4 is 35.1 Å². The zero-order chi connectivity index (χ0) is 21.2. The molecule has 10 heteroatoms. The smallest absolute Gasteiger partial charge is 0.384 e. The summed E-state index contributed by atoms with van der Waals surface area (Å²) in [5.74, 6) is -0.426. The summed E-state index contributed by atoms with van der Waals surface area (Å²) < 4.78 is 37.5. The Kier molecular flexibility index (Phi) is 6.02. The molecule has 1 saturated heterocycles. The van der Waals surface area contributed by atoms with Gasteiger partial charge in [-0.1, -0.05) is 0 Å². The van der Waals surface area contributed by atoms with Crippen molar-refractivity contribution < 1.29 is 22.8 Å². The number of imide groups is 1. The Morgan fingerprint density at radius 2 is 1.86 bits per heavy atom. The van der Waals surface area contributed by atoms with Gasteiger partial charge in [0.25, 0.3) is 5.91 Å². The summed E-state index contributed by atoms with van der Waals surface area (Å²) >= 11 is -0.249. The van der Waals surface area contributed by atoms with Gasteiger partial charge in [0.2, 0.25) is 0 Å². The number of amides is 3. The van der Waals surface area contributed by atoms with E-state index in [-0.39, 0.29) is 28.9 Å². The number of hydrogen-bond acceptors (Lipinski definition) is 5. The molecule has 1 fully saturated rings. The van der Waals surface area contributed by atoms with Crippen LogP contribution in [0.4, 0.5) is 29.3 Å². The van der Waals surface area contributed by atoms with Crippen molar-refractivity contribution in [3.8, 4) is 0 Å². The van der Waals surface area contributed by atoms with Gasteiger partial charge in [0.1, 0.15) is 6.04 Å². The van der Waals surface area contributed by atoms with Crippen molar-refractivity contribution in [2.45, 2.75) is 36.8 Å². The van der Waals surface area contributed by atoms with Gasteiger partial charge in [-0.2, -0.15) is 13.2 Å². The standard InChI is InChI=1S/C19H19F3N4O2S/c1-3-24-16-10-23-9-8-13(16)11-25-12(2)17(27)26(18(25)28)14-4-6-15(7-5-14)29-19(20,21)22/h4-10,12,24H,3,11H2,1-2H3. The van der Waals surface area contributed by atoms with E-state index in [2.05, 4.69) is 10.3 Å². The second kappa shape index (κ2) is 8.32. The number of halogens is 3. The number of urea groups is 1. The van der Waals surface area contributed by atoms with Gasteiger partial charge in [0.05, 0.1) is 24.1 Å². The lowest BCUT2D eigenvalue weighted by Crippen LogP contribution is -2.33. The van der Waals surface area contributed by atoms with Crippen LogP contribution in [0.5, 0.6) is 0 Å². The molecule has 0 bridgehead atoms. The van der Waals surface area contributed by atoms with Gasteiger partial charge in [-0.15, -0.1) is 0 Å². The molecule has 1 aromatic carbocycles. The Morgan fingerprint density at radius 3 is 2.48 bits per heavy atom. The molecule has 0 spiro atoms. The summed E-state index contributed by atoms with van der Waals surface area (Å²) in [7, 11) is 0. The first-order chi connectivity index (χ1) is 13.7. The molecule has 0 radical (unpaired) electrons. The van der Waals surface area contributed by atoms with Gasteiger partial charge < -0.3 is 10.2 Å². The van der Waals surface area contributed by atoms with E-state index in [0.29, 0.717) is 6.54 Å². The molecule has 29 heavy (non-hydrogen) atoms. The lowest BCUT2D eigenvalue weighted by molar-refractivity contribution is -0.119. The van der Waals surface area contributed by atoms with Gasteiger partial charge in [-0.05, 0) is 61.5 Å². The minimum absolute atomic E-state index is 0.0164. The fourth-order valence-corrected chi connectivity index (χ4v) is 3.58. The molecular weight excluding hydrogens is 405 g/mol. The number of carbonyl (C=O) groups excluding carboxylic acids is 2. The van der Waals surface area contributed by atoms with Crippen LogP contribution in [0.15, 0.2) is 47.6 Å². The maximum absolute atomic E-state index is 12.9. The minimum Gasteiger partial charge on any atom is -0.384 e. The number of anilines is 2. The number of rotatable bonds is 6. The first-order valence-corrected chi connectivity index (χ1v) is 9.70. The van der Waals surface area contributed by atoms with E-state index in [1.165, 1.54) is 29.2 Å². The highest BCUT2D eigenvalue weighted by molar-refractivity contribution is 8.00. The molecule has 2 heterocycles. The van der Waals surface area contributed by atoms with Crippen molar-refractivity contribution in [1.29, 1.82) is 0 Å². The van der Waals surface area contributed by atoms with Gasteiger partial charge in [-0.3, -0.25) is 9.78 Å². The molecule has 0 aliphatic carbocycles. The molecule has 154 valence electrons. The zero-order valence-electron chi connectivity index (χ0n) is 15.7. The molecule has 2 aromatic rings. The molecule has 6 nitrogen and oxygen atoms in total. The summed E-state index contributed by atoms with van der Waals surface area (Å²) in [5, 5.41) is 3.17. The Balaban J connectivity index is 1.81. The fourth-order valence-electron chi connectivity index (χ4n) is 3.04. The molecule has 1 aromatic heterocycles. The molecular formula is C19H19F3N4O2S. The lowest BCUT2D eigenvalue weighted by atomic mass is 10.2. The van der Waals surface area contributed by atoms with Crippen LogP contribution in [0.25, 0.3) is 0 Å². The van der Waals surface area contributed by atoms with Crippen LogP contribution in [0.1, 0.15) is 19.4 Å². The first kappa shape index (κ1) is 21.0. The Labute approximate surface area is 170 Å². The number of nitrogens with zero attached hydrogens (tertiary/aromatic N) is 3. The molecule has 1 aliphatic heterocycles. The maximum Gasteiger partial charge on any atom is 0.446 e. The predicted molar refractivity (Wildman–Crippen MR) is 105 cm³/mol. The Hall–Kier alpha value is -2.75. The van der Waals surface area contributed by atoms with Gasteiger partial charge >= 0.3 is 11.5 Å². The third-order valence-corrected chi connectivity index (χ3v) is 5.17. The fraction of sp³-hybridized carbons (Fsp3) is 0.316. The average Bonchev–Trinajstić information content (AvgIpc) is 2.86. The highest BCUT2D eigenvalue weighted by Crippen LogP contribution is 2.38. The van der Waals surface area contributed by atoms with Crippen LogP contribution in [0, 0.1) is 0 Å². The molecule has 0 saturated carbocycles. The van der Waals surface area contributed by atoms with Crippen LogP contribution < -0.4 is 10.2 Å². The van der Waals surface area contributed by atoms with Gasteiger partial charge in [0.15, 0.2) is 0 Å². The number of carbonyl (C=O) groups is 2. The highest BCUT2D eigenvalue weighted by atomic mass is 32.2. The highest BCUT2D eigenvalue weighted by Gasteiger charge is 2.43. The van der Waals surface area contributed by atoms with Crippen molar-refractivity contribution in [3.63, 3.8) is 0 Å². The number of thioether (sulfide) groups is 1. The lowest BCUT2D eigenvalue weighted by Gasteiger charge is -2.21. The van der Waals surface area contributed by atoms with Crippen molar-refractivity contribution in [2.75, 3.05) is 16.8 Å². The van der Waals surface area contributed by atoms with Crippen LogP contribution in [0.2, 0.25) is 0 Å². The average molecular weight is 424 g/mol. The number of pyridine rings is 1. The van der Waals surface area contributed by atoms with Crippen LogP contribution in [-0.2, 0) is 11.3 Å². The minimum atomic E-state index is -4.40. The van der Waals surface area contributed by atoms with E-state index in [4.69, 9.17) is 0 Å². The third kappa shape index (κ3) is 4.64. The summed E-state index contributed by atoms with van der Waals surface area (Å²) in [4.78, 5) is 32.1. The van der Waals surface area contributed by atoms with Crippen molar-refractivity contribution in [2.24, 2.45) is 0 Å². The SMILES string of the molecule is CCNc1cnccc1CN1C(=O)N(c2ccc(SC(F)(F)F)cc2)C(=O)C1C. The molecule has 1 unspecified atom stereocenters. The molecule has 1 N–H and O–H groups in total. The quantitative estimate of drug-likeness (QED) is 0.547. The van der Waals surface area contributed by atoms with Gasteiger partial charge in [0, 0.05) is 17.6 Å². The molecule has 3 amide bonds. The molecule has 1 aliphatic rings. The topological polar surface area (TPSA) is 65.5 Å². The van der Waals surface area contributed by atoms with Gasteiger partial charge in [-0.25, -0.2) is 9.69 Å². The number of hydrogen-bond donors (Lipinski definition) is 1. The summed E-state index contributed by atoms with van der Waals surface area (Å²) in [6.07, 6.45) is 3.26. The predicted octanol–water partition coefficient (Wildman–Crippen LogP) is 4.48. The largest absolute Gasteiger partial charge is 0.446 e.